The summed E-state index contributed by atoms with van der Waals surface area (Å²) in [6.45, 7) is 1.04. The summed E-state index contributed by atoms with van der Waals surface area (Å²) in [6, 6.07) is 15.1. The number of amides is 2. The van der Waals surface area contributed by atoms with Gasteiger partial charge in [-0.2, -0.15) is 0 Å². The lowest BCUT2D eigenvalue weighted by molar-refractivity contribution is 0.0689. The van der Waals surface area contributed by atoms with E-state index >= 15 is 0 Å². The lowest BCUT2D eigenvalue weighted by Gasteiger charge is -2.31. The molecular formula is C40H34N4O9. The van der Waals surface area contributed by atoms with E-state index in [2.05, 4.69) is 9.98 Å². The largest absolute Gasteiger partial charge is 0.508 e. The molecule has 13 nitrogen and oxygen atoms in total. The number of hydrogen-bond donors (Lipinski definition) is 1. The molecule has 6 heterocycles. The lowest BCUT2D eigenvalue weighted by atomic mass is 10.0. The Balaban J connectivity index is 0.914. The molecule has 4 aliphatic rings. The van der Waals surface area contributed by atoms with E-state index in [-0.39, 0.29) is 42.9 Å². The molecule has 0 spiro atoms. The van der Waals surface area contributed by atoms with E-state index < -0.39 is 0 Å². The minimum atomic E-state index is -0.230. The van der Waals surface area contributed by atoms with Crippen molar-refractivity contribution in [2.75, 3.05) is 14.2 Å². The van der Waals surface area contributed by atoms with E-state index in [1.54, 1.807) is 71.2 Å². The van der Waals surface area contributed by atoms with Crippen molar-refractivity contribution in [1.29, 1.82) is 0 Å². The molecule has 0 bridgehead atoms. The molecule has 268 valence electrons. The Kier molecular flexibility index (Phi) is 7.90. The van der Waals surface area contributed by atoms with Gasteiger partial charge < -0.3 is 42.7 Å². The highest BCUT2D eigenvalue weighted by atomic mass is 16.5. The van der Waals surface area contributed by atoms with E-state index in [9.17, 15) is 14.7 Å². The second kappa shape index (κ2) is 12.9. The van der Waals surface area contributed by atoms with Crippen LogP contribution in [-0.2, 0) is 39.1 Å². The Labute approximate surface area is 303 Å². The summed E-state index contributed by atoms with van der Waals surface area (Å²) in [5.74, 6) is 3.02. The van der Waals surface area contributed by atoms with Gasteiger partial charge in [-0.25, -0.2) is 0 Å². The maximum atomic E-state index is 13.7. The highest BCUT2D eigenvalue weighted by Gasteiger charge is 2.36. The molecule has 13 heteroatoms. The third-order valence-electron chi connectivity index (χ3n) is 10.1. The van der Waals surface area contributed by atoms with Gasteiger partial charge in [0.25, 0.3) is 11.8 Å². The number of ether oxygens (including phenoxy) is 4. The molecule has 2 atom stereocenters. The molecule has 0 saturated carbocycles. The van der Waals surface area contributed by atoms with Crippen molar-refractivity contribution < 1.29 is 42.5 Å². The highest BCUT2D eigenvalue weighted by molar-refractivity contribution is 6.04. The first-order chi connectivity index (χ1) is 25.8. The summed E-state index contributed by atoms with van der Waals surface area (Å²) in [4.78, 5) is 40.2. The molecule has 0 fully saturated rings. The normalized spacial score (nSPS) is 18.2. The van der Waals surface area contributed by atoms with Crippen molar-refractivity contribution in [3.05, 3.63) is 112 Å². The van der Waals surface area contributed by atoms with Gasteiger partial charge in [-0.3, -0.25) is 19.6 Å². The number of fused-ring (bicyclic) bond motifs is 6. The van der Waals surface area contributed by atoms with Crippen LogP contribution in [0.15, 0.2) is 85.9 Å². The molecule has 3 aromatic carbocycles. The molecule has 0 radical (unpaired) electrons. The van der Waals surface area contributed by atoms with Gasteiger partial charge in [0.1, 0.15) is 30.5 Å². The zero-order valence-electron chi connectivity index (χ0n) is 28.9. The van der Waals surface area contributed by atoms with Crippen LogP contribution in [0, 0.1) is 0 Å². The fourth-order valence-corrected chi connectivity index (χ4v) is 7.36. The topological polar surface area (TPSA) is 149 Å². The van der Waals surface area contributed by atoms with Crippen LogP contribution in [0.3, 0.4) is 0 Å². The van der Waals surface area contributed by atoms with Gasteiger partial charge in [0.15, 0.2) is 23.0 Å². The number of methoxy groups -OCH3 is 2. The van der Waals surface area contributed by atoms with Gasteiger partial charge in [-0.05, 0) is 53.6 Å². The predicted octanol–water partition coefficient (Wildman–Crippen LogP) is 6.32. The number of phenolic OH excluding ortho intramolecular Hbond substituents is 1. The smallest absolute Gasteiger partial charge is 0.257 e. The Bertz CT molecular complexity index is 2180. The summed E-state index contributed by atoms with van der Waals surface area (Å²) >= 11 is 0. The van der Waals surface area contributed by atoms with Crippen LogP contribution in [0.2, 0.25) is 0 Å². The molecule has 1 N–H and O–H groups in total. The number of hydrogen-bond acceptors (Lipinski definition) is 11. The van der Waals surface area contributed by atoms with Crippen molar-refractivity contribution in [2.45, 2.75) is 51.2 Å². The number of rotatable bonds is 8. The zero-order chi connectivity index (χ0) is 36.2. The second-order valence-corrected chi connectivity index (χ2v) is 13.3. The Hall–Kier alpha value is -6.50. The molecule has 9 rings (SSSR count). The summed E-state index contributed by atoms with van der Waals surface area (Å²) in [5, 5.41) is 10.6. The van der Waals surface area contributed by atoms with Gasteiger partial charge in [-0.1, -0.05) is 0 Å². The molecular weight excluding hydrogens is 680 g/mol. The summed E-state index contributed by atoms with van der Waals surface area (Å²) in [7, 11) is 3.03. The molecule has 4 aliphatic heterocycles. The number of carbonyl (C=O) groups is 2. The molecule has 5 aromatic rings. The van der Waals surface area contributed by atoms with Crippen molar-refractivity contribution in [1.82, 2.24) is 9.80 Å². The maximum Gasteiger partial charge on any atom is 0.257 e. The van der Waals surface area contributed by atoms with Gasteiger partial charge in [-0.15, -0.1) is 0 Å². The highest BCUT2D eigenvalue weighted by Crippen LogP contribution is 2.41. The summed E-state index contributed by atoms with van der Waals surface area (Å²) < 4.78 is 34.9. The van der Waals surface area contributed by atoms with Crippen LogP contribution >= 0.6 is 0 Å². The first kappa shape index (κ1) is 32.4. The van der Waals surface area contributed by atoms with Crippen molar-refractivity contribution in [2.24, 2.45) is 9.98 Å². The minimum Gasteiger partial charge on any atom is -0.508 e. The summed E-state index contributed by atoms with van der Waals surface area (Å²) in [5.41, 5.74) is 5.11. The van der Waals surface area contributed by atoms with Gasteiger partial charge in [0.2, 0.25) is 0 Å². The maximum absolute atomic E-state index is 13.7. The predicted molar refractivity (Wildman–Crippen MR) is 191 cm³/mol. The van der Waals surface area contributed by atoms with E-state index in [1.807, 2.05) is 18.2 Å². The number of aromatic hydroxyl groups is 1. The van der Waals surface area contributed by atoms with Gasteiger partial charge >= 0.3 is 0 Å². The molecule has 0 aliphatic carbocycles. The van der Waals surface area contributed by atoms with Crippen LogP contribution in [-0.4, -0.2) is 65.5 Å². The Morgan fingerprint density at radius 3 is 1.60 bits per heavy atom. The Morgan fingerprint density at radius 1 is 0.679 bits per heavy atom. The number of aliphatic imine (C=N–C) groups is 2. The molecule has 2 aromatic heterocycles. The van der Waals surface area contributed by atoms with Crippen LogP contribution < -0.4 is 18.9 Å². The molecule has 2 amide bonds. The van der Waals surface area contributed by atoms with Crippen molar-refractivity contribution in [3.8, 4) is 28.7 Å². The number of carbonyl (C=O) groups excluding carboxylic acids is 2. The van der Waals surface area contributed by atoms with E-state index in [1.165, 1.54) is 14.2 Å². The van der Waals surface area contributed by atoms with Crippen molar-refractivity contribution in [3.63, 3.8) is 0 Å². The zero-order valence-corrected chi connectivity index (χ0v) is 28.9. The van der Waals surface area contributed by atoms with E-state index in [0.29, 0.717) is 82.6 Å². The second-order valence-electron chi connectivity index (χ2n) is 13.3. The van der Waals surface area contributed by atoms with Crippen LogP contribution in [0.25, 0.3) is 0 Å². The van der Waals surface area contributed by atoms with Crippen LogP contribution in [0.1, 0.15) is 54.5 Å². The van der Waals surface area contributed by atoms with Crippen LogP contribution in [0.4, 0.5) is 11.4 Å². The standard InChI is InChI=1S/C40H34N4O9/c1-48-35-12-29-31(41-16-26-10-33-24(3-5-50-33)18-43(26)39(29)46)14-37(35)52-20-22-7-23(9-28(45)8-22)21-53-38-15-32-30(13-36(38)49-2)40(47)44-19-25-4-6-51-34(25)11-27(44)17-42-32/h3-9,12-17,26-27,45H,10-11,18-21H2,1-2H3/t26-,27-/m0/s1. The van der Waals surface area contributed by atoms with Gasteiger partial charge in [0, 0.05) is 48.5 Å². The third kappa shape index (κ3) is 5.83. The Morgan fingerprint density at radius 2 is 1.15 bits per heavy atom. The number of benzene rings is 3. The first-order valence-electron chi connectivity index (χ1n) is 17.2. The third-order valence-corrected chi connectivity index (χ3v) is 10.1. The molecule has 0 saturated heterocycles. The SMILES string of the molecule is COc1cc2c(cc1OCc1cc(O)cc(COc3cc4c(cc3OC)C(=O)N3Cc5ccoc5C[C@H]3C=N4)c1)N=C[C@@H]1Cc3occc3CN1C2=O. The van der Waals surface area contributed by atoms with E-state index in [4.69, 9.17) is 27.8 Å². The number of phenols is 1. The molecule has 53 heavy (non-hydrogen) atoms. The van der Waals surface area contributed by atoms with Crippen LogP contribution in [0.5, 0.6) is 28.7 Å². The molecule has 0 unspecified atom stereocenters. The lowest BCUT2D eigenvalue weighted by Crippen LogP contribution is -2.44. The quantitative estimate of drug-likeness (QED) is 0.195. The van der Waals surface area contributed by atoms with E-state index in [0.717, 1.165) is 22.6 Å². The average Bonchev–Trinajstić information content (AvgIpc) is 3.79. The van der Waals surface area contributed by atoms with Gasteiger partial charge in [0.05, 0.1) is 74.4 Å². The van der Waals surface area contributed by atoms with Crippen molar-refractivity contribution >= 4 is 35.6 Å². The number of furan rings is 2. The minimum absolute atomic E-state index is 0.0323. The monoisotopic (exact) mass is 714 g/mol. The fraction of sp³-hybridized carbons (Fsp3) is 0.250. The first-order valence-corrected chi connectivity index (χ1v) is 17.2. The summed E-state index contributed by atoms with van der Waals surface area (Å²) in [6.07, 6.45) is 7.94. The number of nitrogens with zero attached hydrogens (tertiary/aromatic N) is 4. The fourth-order valence-electron chi connectivity index (χ4n) is 7.36. The average molecular weight is 715 g/mol.